The lowest BCUT2D eigenvalue weighted by Gasteiger charge is -2.32. The van der Waals surface area contributed by atoms with E-state index < -0.39 is 11.7 Å². The molecule has 0 unspecified atom stereocenters. The van der Waals surface area contributed by atoms with E-state index in [1.165, 1.54) is 11.6 Å². The largest absolute Gasteiger partial charge is 0.417 e. The molecule has 1 aliphatic heterocycles. The van der Waals surface area contributed by atoms with E-state index in [0.29, 0.717) is 38.3 Å². The Bertz CT molecular complexity index is 827. The quantitative estimate of drug-likeness (QED) is 0.774. The highest BCUT2D eigenvalue weighted by atomic mass is 19.4. The van der Waals surface area contributed by atoms with Gasteiger partial charge in [-0.25, -0.2) is 4.98 Å². The lowest BCUT2D eigenvalue weighted by atomic mass is 9.95. The van der Waals surface area contributed by atoms with Crippen molar-refractivity contribution in [3.05, 3.63) is 59.3 Å². The first kappa shape index (κ1) is 22.1. The summed E-state index contributed by atoms with van der Waals surface area (Å²) < 4.78 is 38.0. The summed E-state index contributed by atoms with van der Waals surface area (Å²) in [4.78, 5) is 20.5. The van der Waals surface area contributed by atoms with Gasteiger partial charge in [-0.2, -0.15) is 13.2 Å². The molecule has 2 heterocycles. The predicted molar refractivity (Wildman–Crippen MR) is 110 cm³/mol. The fourth-order valence-electron chi connectivity index (χ4n) is 3.57. The van der Waals surface area contributed by atoms with Crippen molar-refractivity contribution in [3.63, 3.8) is 0 Å². The van der Waals surface area contributed by atoms with E-state index in [2.05, 4.69) is 27.3 Å². The van der Waals surface area contributed by atoms with Crippen LogP contribution in [-0.2, 0) is 24.1 Å². The van der Waals surface area contributed by atoms with Crippen molar-refractivity contribution >= 4 is 11.7 Å². The van der Waals surface area contributed by atoms with Gasteiger partial charge in [-0.05, 0) is 50.2 Å². The molecule has 1 amide bonds. The summed E-state index contributed by atoms with van der Waals surface area (Å²) in [6, 6.07) is 10.6. The number of alkyl halides is 3. The Morgan fingerprint density at radius 3 is 2.27 bits per heavy atom. The number of rotatable bonds is 6. The van der Waals surface area contributed by atoms with Crippen molar-refractivity contribution in [2.45, 2.75) is 32.1 Å². The number of amides is 1. The van der Waals surface area contributed by atoms with Crippen molar-refractivity contribution in [1.29, 1.82) is 0 Å². The lowest BCUT2D eigenvalue weighted by molar-refractivity contribution is -0.137. The molecule has 0 radical (unpaired) electrons. The van der Waals surface area contributed by atoms with Gasteiger partial charge in [0, 0.05) is 38.3 Å². The van der Waals surface area contributed by atoms with Gasteiger partial charge in [0.05, 0.1) is 5.56 Å². The van der Waals surface area contributed by atoms with E-state index in [9.17, 15) is 18.0 Å². The van der Waals surface area contributed by atoms with Gasteiger partial charge < -0.3 is 15.1 Å². The Labute approximate surface area is 174 Å². The smallest absolute Gasteiger partial charge is 0.357 e. The van der Waals surface area contributed by atoms with Crippen LogP contribution >= 0.6 is 0 Å². The van der Waals surface area contributed by atoms with E-state index in [1.807, 2.05) is 31.1 Å². The first-order chi connectivity index (χ1) is 14.2. The molecule has 162 valence electrons. The third kappa shape index (κ3) is 5.95. The second-order valence-electron chi connectivity index (χ2n) is 7.94. The zero-order valence-electron chi connectivity index (χ0n) is 17.2. The molecule has 1 fully saturated rings. The summed E-state index contributed by atoms with van der Waals surface area (Å²) in [6.07, 6.45) is -2.23. The van der Waals surface area contributed by atoms with Crippen LogP contribution in [0.5, 0.6) is 0 Å². The van der Waals surface area contributed by atoms with E-state index in [-0.39, 0.29) is 11.8 Å². The Morgan fingerprint density at radius 2 is 1.73 bits per heavy atom. The average Bonchev–Trinajstić information content (AvgIpc) is 2.72. The monoisotopic (exact) mass is 420 g/mol. The van der Waals surface area contributed by atoms with Crippen LogP contribution in [-0.4, -0.2) is 43.0 Å². The zero-order valence-corrected chi connectivity index (χ0v) is 17.2. The van der Waals surface area contributed by atoms with E-state index in [0.717, 1.165) is 24.4 Å². The third-order valence-electron chi connectivity index (χ3n) is 5.25. The molecule has 2 aromatic rings. The number of hydrogen-bond acceptors (Lipinski definition) is 4. The Hall–Kier alpha value is -2.61. The van der Waals surface area contributed by atoms with Gasteiger partial charge in [-0.3, -0.25) is 4.79 Å². The predicted octanol–water partition coefficient (Wildman–Crippen LogP) is 3.69. The van der Waals surface area contributed by atoms with Crippen LogP contribution in [0.25, 0.3) is 0 Å². The SMILES string of the molecule is CN(C)Cc1ccc(CNC(=O)C2CCN(c3ccc(C(F)(F)F)cn3)CC2)cc1. The van der Waals surface area contributed by atoms with Crippen LogP contribution < -0.4 is 10.2 Å². The molecule has 1 N–H and O–H groups in total. The molecule has 30 heavy (non-hydrogen) atoms. The molecular formula is C22H27F3N4O. The molecule has 0 saturated carbocycles. The van der Waals surface area contributed by atoms with Crippen molar-refractivity contribution in [2.24, 2.45) is 5.92 Å². The molecule has 1 aromatic carbocycles. The number of benzene rings is 1. The van der Waals surface area contributed by atoms with E-state index in [4.69, 9.17) is 0 Å². The minimum absolute atomic E-state index is 0.0207. The molecule has 5 nitrogen and oxygen atoms in total. The normalized spacial score (nSPS) is 15.5. The number of hydrogen-bond donors (Lipinski definition) is 1. The first-order valence-electron chi connectivity index (χ1n) is 10.0. The van der Waals surface area contributed by atoms with Crippen LogP contribution in [0, 0.1) is 5.92 Å². The topological polar surface area (TPSA) is 48.5 Å². The summed E-state index contributed by atoms with van der Waals surface area (Å²) >= 11 is 0. The standard InChI is InChI=1S/C22H27F3N4O/c1-28(2)15-17-5-3-16(4-6-17)13-27-21(30)18-9-11-29(12-10-18)20-8-7-19(14-26-20)22(23,24)25/h3-8,14,18H,9-13,15H2,1-2H3,(H,27,30). The number of nitrogens with zero attached hydrogens (tertiary/aromatic N) is 3. The van der Waals surface area contributed by atoms with Crippen LogP contribution in [0.4, 0.5) is 19.0 Å². The van der Waals surface area contributed by atoms with Crippen LogP contribution in [0.15, 0.2) is 42.6 Å². The maximum atomic E-state index is 12.7. The average molecular weight is 420 g/mol. The zero-order chi connectivity index (χ0) is 21.7. The number of nitrogens with one attached hydrogen (secondary N) is 1. The molecule has 1 saturated heterocycles. The summed E-state index contributed by atoms with van der Waals surface area (Å²) in [7, 11) is 4.04. The lowest BCUT2D eigenvalue weighted by Crippen LogP contribution is -2.40. The van der Waals surface area contributed by atoms with Gasteiger partial charge in [0.1, 0.15) is 5.82 Å². The minimum atomic E-state index is -4.39. The summed E-state index contributed by atoms with van der Waals surface area (Å²) in [5.41, 5.74) is 1.52. The third-order valence-corrected chi connectivity index (χ3v) is 5.25. The second kappa shape index (κ2) is 9.47. The van der Waals surface area contributed by atoms with Crippen molar-refractivity contribution in [1.82, 2.24) is 15.2 Å². The number of pyridine rings is 1. The highest BCUT2D eigenvalue weighted by molar-refractivity contribution is 5.79. The first-order valence-corrected chi connectivity index (χ1v) is 10.0. The van der Waals surface area contributed by atoms with Gasteiger partial charge >= 0.3 is 6.18 Å². The van der Waals surface area contributed by atoms with E-state index in [1.54, 1.807) is 0 Å². The molecular weight excluding hydrogens is 393 g/mol. The van der Waals surface area contributed by atoms with Crippen LogP contribution in [0.1, 0.15) is 29.5 Å². The van der Waals surface area contributed by atoms with Gasteiger partial charge in [0.2, 0.25) is 5.91 Å². The Kier molecular flexibility index (Phi) is 6.97. The Morgan fingerprint density at radius 1 is 1.10 bits per heavy atom. The summed E-state index contributed by atoms with van der Waals surface area (Å²) in [5.74, 6) is 0.441. The number of anilines is 1. The fourth-order valence-corrected chi connectivity index (χ4v) is 3.57. The molecule has 1 aliphatic rings. The van der Waals surface area contributed by atoms with E-state index >= 15 is 0 Å². The van der Waals surface area contributed by atoms with Crippen molar-refractivity contribution < 1.29 is 18.0 Å². The molecule has 3 rings (SSSR count). The number of piperidine rings is 1. The summed E-state index contributed by atoms with van der Waals surface area (Å²) in [5, 5.41) is 3.00. The van der Waals surface area contributed by atoms with Crippen LogP contribution in [0.3, 0.4) is 0 Å². The van der Waals surface area contributed by atoms with Crippen molar-refractivity contribution in [2.75, 3.05) is 32.1 Å². The maximum absolute atomic E-state index is 12.7. The second-order valence-corrected chi connectivity index (χ2v) is 7.94. The van der Waals surface area contributed by atoms with Gasteiger partial charge in [0.15, 0.2) is 0 Å². The number of carbonyl (C=O) groups is 1. The highest BCUT2D eigenvalue weighted by Gasteiger charge is 2.31. The van der Waals surface area contributed by atoms with Gasteiger partial charge in [-0.1, -0.05) is 24.3 Å². The molecule has 0 atom stereocenters. The highest BCUT2D eigenvalue weighted by Crippen LogP contribution is 2.30. The Balaban J connectivity index is 1.46. The minimum Gasteiger partial charge on any atom is -0.357 e. The fraction of sp³-hybridized carbons (Fsp3) is 0.455. The number of halogens is 3. The molecule has 8 heteroatoms. The summed E-state index contributed by atoms with van der Waals surface area (Å²) in [6.45, 7) is 2.55. The molecule has 0 bridgehead atoms. The van der Waals surface area contributed by atoms with Crippen molar-refractivity contribution in [3.8, 4) is 0 Å². The van der Waals surface area contributed by atoms with Crippen LogP contribution in [0.2, 0.25) is 0 Å². The molecule has 0 spiro atoms. The maximum Gasteiger partial charge on any atom is 0.417 e. The molecule has 0 aliphatic carbocycles. The van der Waals surface area contributed by atoms with Gasteiger partial charge in [-0.15, -0.1) is 0 Å². The number of aromatic nitrogens is 1. The number of carbonyl (C=O) groups excluding carboxylic acids is 1. The van der Waals surface area contributed by atoms with Gasteiger partial charge in [0.25, 0.3) is 0 Å². The molecule has 1 aromatic heterocycles.